The third-order valence-corrected chi connectivity index (χ3v) is 7.09. The zero-order chi connectivity index (χ0) is 18.9. The molecule has 1 aliphatic rings. The van der Waals surface area contributed by atoms with E-state index in [-0.39, 0.29) is 12.3 Å². The maximum Gasteiger partial charge on any atom is 0.236 e. The Labute approximate surface area is 158 Å². The summed E-state index contributed by atoms with van der Waals surface area (Å²) < 4.78 is 52.3. The first-order chi connectivity index (χ1) is 12.1. The number of nitrogens with zero attached hydrogens (tertiary/aromatic N) is 1. The van der Waals surface area contributed by atoms with Crippen LogP contribution in [-0.2, 0) is 38.8 Å². The molecule has 3 rings (SSSR count). The Balaban J connectivity index is 1.80. The summed E-state index contributed by atoms with van der Waals surface area (Å²) in [5.41, 5.74) is 2.76. The van der Waals surface area contributed by atoms with E-state index in [0.29, 0.717) is 29.2 Å². The number of fused-ring (bicyclic) bond motifs is 1. The molecule has 0 aromatic heterocycles. The van der Waals surface area contributed by atoms with E-state index in [0.717, 1.165) is 11.1 Å². The van der Waals surface area contributed by atoms with Crippen LogP contribution >= 0.6 is 11.6 Å². The maximum atomic E-state index is 12.4. The minimum Gasteiger partial charge on any atom is -0.283 e. The van der Waals surface area contributed by atoms with Crippen LogP contribution in [0.1, 0.15) is 16.7 Å². The van der Waals surface area contributed by atoms with E-state index in [1.54, 1.807) is 36.4 Å². The van der Waals surface area contributed by atoms with Crippen molar-refractivity contribution < 1.29 is 16.8 Å². The van der Waals surface area contributed by atoms with Crippen molar-refractivity contribution in [1.29, 1.82) is 0 Å². The zero-order valence-electron chi connectivity index (χ0n) is 14.1. The Morgan fingerprint density at radius 2 is 1.81 bits per heavy atom. The molecule has 1 aliphatic heterocycles. The molecule has 0 atom stereocenters. The summed E-state index contributed by atoms with van der Waals surface area (Å²) in [6.07, 6.45) is 1.78. The van der Waals surface area contributed by atoms with Gasteiger partial charge in [-0.15, -0.1) is 0 Å². The van der Waals surface area contributed by atoms with E-state index in [2.05, 4.69) is 4.72 Å². The molecule has 9 heteroatoms. The molecule has 0 amide bonds. The summed E-state index contributed by atoms with van der Waals surface area (Å²) in [6, 6.07) is 12.0. The fourth-order valence-corrected chi connectivity index (χ4v) is 5.21. The smallest absolute Gasteiger partial charge is 0.236 e. The first-order valence-corrected chi connectivity index (χ1v) is 11.8. The van der Waals surface area contributed by atoms with Crippen LogP contribution in [0.15, 0.2) is 42.5 Å². The summed E-state index contributed by atoms with van der Waals surface area (Å²) in [4.78, 5) is 0. The zero-order valence-corrected chi connectivity index (χ0v) is 16.5. The van der Waals surface area contributed by atoms with E-state index < -0.39 is 20.0 Å². The molecule has 0 aliphatic carbocycles. The lowest BCUT2D eigenvalue weighted by Gasteiger charge is -2.27. The van der Waals surface area contributed by atoms with Crippen molar-refractivity contribution in [3.8, 4) is 0 Å². The predicted molar refractivity (Wildman–Crippen MR) is 103 cm³/mol. The topological polar surface area (TPSA) is 83.6 Å². The van der Waals surface area contributed by atoms with Gasteiger partial charge in [0.05, 0.1) is 12.0 Å². The molecule has 0 spiro atoms. The summed E-state index contributed by atoms with van der Waals surface area (Å²) in [5, 5.41) is 0.395. The van der Waals surface area contributed by atoms with Gasteiger partial charge in [-0.1, -0.05) is 35.9 Å². The molecular formula is C17H19ClN2O4S2. The van der Waals surface area contributed by atoms with Gasteiger partial charge >= 0.3 is 0 Å². The van der Waals surface area contributed by atoms with Gasteiger partial charge in [0.25, 0.3) is 0 Å². The summed E-state index contributed by atoms with van der Waals surface area (Å²) in [7, 11) is -6.93. The third-order valence-electron chi connectivity index (χ3n) is 4.23. The van der Waals surface area contributed by atoms with Gasteiger partial charge in [0, 0.05) is 23.8 Å². The monoisotopic (exact) mass is 414 g/mol. The van der Waals surface area contributed by atoms with Gasteiger partial charge in [0.2, 0.25) is 20.0 Å². The highest BCUT2D eigenvalue weighted by Crippen LogP contribution is 2.25. The molecule has 0 saturated heterocycles. The van der Waals surface area contributed by atoms with Crippen LogP contribution in [0.4, 0.5) is 5.69 Å². The number of nitrogens with one attached hydrogen (secondary N) is 1. The van der Waals surface area contributed by atoms with Gasteiger partial charge in [0.1, 0.15) is 0 Å². The second-order valence-electron chi connectivity index (χ2n) is 6.28. The molecule has 0 saturated carbocycles. The summed E-state index contributed by atoms with van der Waals surface area (Å²) >= 11 is 6.03. The predicted octanol–water partition coefficient (Wildman–Crippen LogP) is 2.60. The second kappa shape index (κ2) is 7.19. The van der Waals surface area contributed by atoms with Gasteiger partial charge in [0.15, 0.2) is 0 Å². The molecule has 0 fully saturated rings. The van der Waals surface area contributed by atoms with Crippen molar-refractivity contribution >= 4 is 37.3 Å². The molecule has 140 valence electrons. The van der Waals surface area contributed by atoms with E-state index in [4.69, 9.17) is 11.6 Å². The van der Waals surface area contributed by atoms with Crippen molar-refractivity contribution in [1.82, 2.24) is 4.31 Å². The van der Waals surface area contributed by atoms with Crippen molar-refractivity contribution in [3.05, 3.63) is 64.2 Å². The molecule has 1 N–H and O–H groups in total. The molecule has 1 heterocycles. The SMILES string of the molecule is CS(=O)(=O)N1CCc2ccc(NS(=O)(=O)Cc3ccccc3Cl)cc2C1. The fraction of sp³-hybridized carbons (Fsp3) is 0.294. The Hall–Kier alpha value is -1.61. The molecule has 6 nitrogen and oxygen atoms in total. The van der Waals surface area contributed by atoms with Crippen LogP contribution in [0.25, 0.3) is 0 Å². The lowest BCUT2D eigenvalue weighted by Crippen LogP contribution is -2.35. The quantitative estimate of drug-likeness (QED) is 0.815. The summed E-state index contributed by atoms with van der Waals surface area (Å²) in [6.45, 7) is 0.678. The molecule has 0 bridgehead atoms. The Morgan fingerprint density at radius 1 is 1.08 bits per heavy atom. The molecule has 26 heavy (non-hydrogen) atoms. The highest BCUT2D eigenvalue weighted by molar-refractivity contribution is 7.91. The highest BCUT2D eigenvalue weighted by Gasteiger charge is 2.23. The van der Waals surface area contributed by atoms with Crippen molar-refractivity contribution in [2.75, 3.05) is 17.5 Å². The Morgan fingerprint density at radius 3 is 2.50 bits per heavy atom. The molecule has 2 aromatic rings. The third kappa shape index (κ3) is 4.56. The van der Waals surface area contributed by atoms with Gasteiger partial charge in [-0.25, -0.2) is 16.8 Å². The first-order valence-electron chi connectivity index (χ1n) is 7.95. The van der Waals surface area contributed by atoms with Gasteiger partial charge in [-0.2, -0.15) is 4.31 Å². The maximum absolute atomic E-state index is 12.4. The number of rotatable bonds is 5. The second-order valence-corrected chi connectivity index (χ2v) is 10.4. The van der Waals surface area contributed by atoms with Crippen LogP contribution < -0.4 is 4.72 Å². The lowest BCUT2D eigenvalue weighted by atomic mass is 10.0. The Kier molecular flexibility index (Phi) is 5.30. The minimum absolute atomic E-state index is 0.237. The van der Waals surface area contributed by atoms with E-state index in [9.17, 15) is 16.8 Å². The van der Waals surface area contributed by atoms with Gasteiger partial charge in [-0.05, 0) is 41.3 Å². The first kappa shape index (κ1) is 19.2. The number of sulfonamides is 2. The van der Waals surface area contributed by atoms with Gasteiger partial charge in [-0.3, -0.25) is 4.72 Å². The normalized spacial score (nSPS) is 15.5. The average Bonchev–Trinajstić information content (AvgIpc) is 2.55. The van der Waals surface area contributed by atoms with Gasteiger partial charge < -0.3 is 0 Å². The van der Waals surface area contributed by atoms with Crippen molar-refractivity contribution in [3.63, 3.8) is 0 Å². The lowest BCUT2D eigenvalue weighted by molar-refractivity contribution is 0.395. The minimum atomic E-state index is -3.64. The number of anilines is 1. The van der Waals surface area contributed by atoms with E-state index in [1.807, 2.05) is 6.07 Å². The number of hydrogen-bond acceptors (Lipinski definition) is 4. The van der Waals surface area contributed by atoms with Crippen LogP contribution in [0.2, 0.25) is 5.02 Å². The largest absolute Gasteiger partial charge is 0.283 e. The molecular weight excluding hydrogens is 396 g/mol. The molecule has 0 radical (unpaired) electrons. The molecule has 2 aromatic carbocycles. The number of hydrogen-bond donors (Lipinski definition) is 1. The van der Waals surface area contributed by atoms with Crippen LogP contribution in [0.5, 0.6) is 0 Å². The Bertz CT molecular complexity index is 1040. The number of benzene rings is 2. The van der Waals surface area contributed by atoms with Crippen molar-refractivity contribution in [2.45, 2.75) is 18.7 Å². The van der Waals surface area contributed by atoms with E-state index >= 15 is 0 Å². The highest BCUT2D eigenvalue weighted by atomic mass is 35.5. The van der Waals surface area contributed by atoms with Crippen LogP contribution in [0, 0.1) is 0 Å². The van der Waals surface area contributed by atoms with Crippen LogP contribution in [0.3, 0.4) is 0 Å². The standard InChI is InChI=1S/C17H19ClN2O4S2/c1-25(21,22)20-9-8-13-6-7-16(10-15(13)11-20)19-26(23,24)12-14-4-2-3-5-17(14)18/h2-7,10,19H,8-9,11-12H2,1H3. The summed E-state index contributed by atoms with van der Waals surface area (Å²) in [5.74, 6) is -0.237. The average molecular weight is 415 g/mol. The fourth-order valence-electron chi connectivity index (χ4n) is 2.91. The van der Waals surface area contributed by atoms with E-state index in [1.165, 1.54) is 10.6 Å². The molecule has 0 unspecified atom stereocenters. The van der Waals surface area contributed by atoms with Crippen LogP contribution in [-0.4, -0.2) is 33.9 Å². The van der Waals surface area contributed by atoms with Crippen molar-refractivity contribution in [2.24, 2.45) is 0 Å². The number of halogens is 1.